The van der Waals surface area contributed by atoms with Crippen molar-refractivity contribution in [2.45, 2.75) is 155 Å². The average molecular weight is 469 g/mol. The predicted molar refractivity (Wildman–Crippen MR) is 144 cm³/mol. The number of rotatable bonds is 9. The van der Waals surface area contributed by atoms with Crippen molar-refractivity contribution in [3.63, 3.8) is 0 Å². The number of nitrogens with one attached hydrogen (secondary N) is 2. The summed E-state index contributed by atoms with van der Waals surface area (Å²) in [5.41, 5.74) is 4.49. The SMILES string of the molecule is CC12CC3(C)CC(C)(C1)CC(NCCCCCCNC14CC5(C)CC(C)(CC(C)(C5)C1)C4)(C2)C3. The lowest BCUT2D eigenvalue weighted by Crippen LogP contribution is -2.67. The molecule has 0 saturated heterocycles. The van der Waals surface area contributed by atoms with Crippen LogP contribution in [0, 0.1) is 32.5 Å². The second-order valence-electron chi connectivity index (χ2n) is 17.8. The van der Waals surface area contributed by atoms with Gasteiger partial charge in [0.05, 0.1) is 0 Å². The lowest BCUT2D eigenvalue weighted by molar-refractivity contribution is -0.158. The highest BCUT2D eigenvalue weighted by atomic mass is 15.0. The van der Waals surface area contributed by atoms with Gasteiger partial charge < -0.3 is 10.6 Å². The molecule has 0 radical (unpaired) electrons. The van der Waals surface area contributed by atoms with Gasteiger partial charge in [0.25, 0.3) is 0 Å². The van der Waals surface area contributed by atoms with Crippen LogP contribution in [-0.4, -0.2) is 24.2 Å². The molecular formula is C32H56N2. The zero-order valence-electron chi connectivity index (χ0n) is 23.7. The molecule has 0 aromatic heterocycles. The van der Waals surface area contributed by atoms with Crippen molar-refractivity contribution in [1.29, 1.82) is 0 Å². The van der Waals surface area contributed by atoms with Gasteiger partial charge in [0.15, 0.2) is 0 Å². The fraction of sp³-hybridized carbons (Fsp3) is 1.00. The first-order chi connectivity index (χ1) is 15.7. The first-order valence-electron chi connectivity index (χ1n) is 15.2. The molecule has 2 N–H and O–H groups in total. The molecule has 8 bridgehead atoms. The molecule has 34 heavy (non-hydrogen) atoms. The van der Waals surface area contributed by atoms with Crippen LogP contribution in [0.1, 0.15) is 144 Å². The first-order valence-corrected chi connectivity index (χ1v) is 15.2. The third-order valence-electron chi connectivity index (χ3n) is 11.8. The van der Waals surface area contributed by atoms with Gasteiger partial charge in [-0.15, -0.1) is 0 Å². The molecule has 194 valence electrons. The van der Waals surface area contributed by atoms with E-state index in [4.69, 9.17) is 0 Å². The molecular weight excluding hydrogens is 412 g/mol. The molecule has 8 aliphatic rings. The Hall–Kier alpha value is -0.0800. The Balaban J connectivity index is 0.938. The fourth-order valence-electron chi connectivity index (χ4n) is 14.3. The van der Waals surface area contributed by atoms with E-state index in [1.807, 2.05) is 0 Å². The van der Waals surface area contributed by atoms with Crippen molar-refractivity contribution in [2.24, 2.45) is 32.5 Å². The average Bonchev–Trinajstić information content (AvgIpc) is 2.55. The Labute approximate surface area is 211 Å². The summed E-state index contributed by atoms with van der Waals surface area (Å²) in [6.45, 7) is 18.1. The van der Waals surface area contributed by atoms with Gasteiger partial charge in [0.2, 0.25) is 0 Å². The van der Waals surface area contributed by atoms with E-state index < -0.39 is 0 Å². The van der Waals surface area contributed by atoms with Gasteiger partial charge in [-0.1, -0.05) is 54.4 Å². The highest BCUT2D eigenvalue weighted by molar-refractivity contribution is 5.19. The Bertz CT molecular complexity index is 652. The summed E-state index contributed by atoms with van der Waals surface area (Å²) in [6, 6.07) is 0. The molecule has 8 saturated carbocycles. The monoisotopic (exact) mass is 468 g/mol. The van der Waals surface area contributed by atoms with Gasteiger partial charge in [0.1, 0.15) is 0 Å². The normalized spacial score (nSPS) is 57.0. The standard InChI is InChI=1S/C32H56N2/c1-25-13-26(2)15-27(3,14-25)21-31(19-25,20-26)33-11-9-7-8-10-12-34-32-22-28(4)16-29(5,23-32)18-30(6,17-28)24-32/h33-34H,7-24H2,1-6H3. The molecule has 8 rings (SSSR count). The van der Waals surface area contributed by atoms with E-state index in [-0.39, 0.29) is 0 Å². The molecule has 0 spiro atoms. The smallest absolute Gasteiger partial charge is 0.0197 e. The van der Waals surface area contributed by atoms with Crippen LogP contribution in [0.25, 0.3) is 0 Å². The van der Waals surface area contributed by atoms with E-state index in [0.29, 0.717) is 43.6 Å². The summed E-state index contributed by atoms with van der Waals surface area (Å²) in [5, 5.41) is 8.36. The Kier molecular flexibility index (Phi) is 5.19. The van der Waals surface area contributed by atoms with Crippen molar-refractivity contribution in [3.8, 4) is 0 Å². The van der Waals surface area contributed by atoms with Gasteiger partial charge in [-0.25, -0.2) is 0 Å². The van der Waals surface area contributed by atoms with Crippen LogP contribution >= 0.6 is 0 Å². The maximum absolute atomic E-state index is 4.18. The minimum atomic E-state index is 0.454. The topological polar surface area (TPSA) is 24.1 Å². The molecule has 0 aliphatic heterocycles. The van der Waals surface area contributed by atoms with Crippen LogP contribution < -0.4 is 10.6 Å². The maximum atomic E-state index is 4.18. The van der Waals surface area contributed by atoms with E-state index in [9.17, 15) is 0 Å². The summed E-state index contributed by atoms with van der Waals surface area (Å²) < 4.78 is 0. The van der Waals surface area contributed by atoms with Crippen LogP contribution in [0.5, 0.6) is 0 Å². The van der Waals surface area contributed by atoms with Crippen molar-refractivity contribution in [1.82, 2.24) is 10.6 Å². The van der Waals surface area contributed by atoms with E-state index in [1.165, 1.54) is 116 Å². The Morgan fingerprint density at radius 2 is 0.588 bits per heavy atom. The minimum Gasteiger partial charge on any atom is -0.311 e. The largest absolute Gasteiger partial charge is 0.311 e. The Morgan fingerprint density at radius 1 is 0.353 bits per heavy atom. The number of hydrogen-bond donors (Lipinski definition) is 2. The first kappa shape index (κ1) is 24.3. The zero-order chi connectivity index (χ0) is 24.1. The van der Waals surface area contributed by atoms with Gasteiger partial charge in [-0.2, -0.15) is 0 Å². The van der Waals surface area contributed by atoms with Crippen molar-refractivity contribution < 1.29 is 0 Å². The van der Waals surface area contributed by atoms with Crippen LogP contribution in [0.15, 0.2) is 0 Å². The third kappa shape index (κ3) is 4.23. The van der Waals surface area contributed by atoms with Crippen LogP contribution in [0.4, 0.5) is 0 Å². The lowest BCUT2D eigenvalue weighted by Gasteiger charge is -2.69. The fourth-order valence-corrected chi connectivity index (χ4v) is 14.3. The lowest BCUT2D eigenvalue weighted by atomic mass is 9.38. The summed E-state index contributed by atoms with van der Waals surface area (Å²) in [5.74, 6) is 0. The molecule has 0 atom stereocenters. The molecule has 0 heterocycles. The van der Waals surface area contributed by atoms with E-state index in [1.54, 1.807) is 0 Å². The maximum Gasteiger partial charge on any atom is 0.0197 e. The number of hydrogen-bond acceptors (Lipinski definition) is 2. The molecule has 8 fully saturated rings. The van der Waals surface area contributed by atoms with E-state index in [0.717, 1.165) is 0 Å². The van der Waals surface area contributed by atoms with E-state index in [2.05, 4.69) is 52.2 Å². The number of unbranched alkanes of at least 4 members (excludes halogenated alkanes) is 3. The van der Waals surface area contributed by atoms with Gasteiger partial charge in [0, 0.05) is 11.1 Å². The van der Waals surface area contributed by atoms with Crippen LogP contribution in [-0.2, 0) is 0 Å². The molecule has 2 heteroatoms. The second kappa shape index (κ2) is 7.27. The quantitative estimate of drug-likeness (QED) is 0.335. The van der Waals surface area contributed by atoms with Gasteiger partial charge >= 0.3 is 0 Å². The molecule has 0 aromatic rings. The Morgan fingerprint density at radius 3 is 0.824 bits per heavy atom. The van der Waals surface area contributed by atoms with Crippen LogP contribution in [0.3, 0.4) is 0 Å². The molecule has 8 aliphatic carbocycles. The van der Waals surface area contributed by atoms with Gasteiger partial charge in [-0.05, 0) is 135 Å². The highest BCUT2D eigenvalue weighted by Crippen LogP contribution is 2.71. The van der Waals surface area contributed by atoms with E-state index >= 15 is 0 Å². The molecule has 0 aromatic carbocycles. The van der Waals surface area contributed by atoms with Gasteiger partial charge in [-0.3, -0.25) is 0 Å². The minimum absolute atomic E-state index is 0.454. The summed E-state index contributed by atoms with van der Waals surface area (Å²) in [7, 11) is 0. The predicted octanol–water partition coefficient (Wildman–Crippen LogP) is 8.00. The van der Waals surface area contributed by atoms with Crippen LogP contribution in [0.2, 0.25) is 0 Å². The summed E-state index contributed by atoms with van der Waals surface area (Å²) in [4.78, 5) is 0. The highest BCUT2D eigenvalue weighted by Gasteiger charge is 2.65. The zero-order valence-corrected chi connectivity index (χ0v) is 23.7. The molecule has 0 amide bonds. The van der Waals surface area contributed by atoms with Crippen molar-refractivity contribution >= 4 is 0 Å². The van der Waals surface area contributed by atoms with Crippen molar-refractivity contribution in [3.05, 3.63) is 0 Å². The third-order valence-corrected chi connectivity index (χ3v) is 11.8. The summed E-state index contributed by atoms with van der Waals surface area (Å²) in [6.07, 6.45) is 23.0. The van der Waals surface area contributed by atoms with Crippen molar-refractivity contribution in [2.75, 3.05) is 13.1 Å². The molecule has 2 nitrogen and oxygen atoms in total. The second-order valence-corrected chi connectivity index (χ2v) is 17.8. The summed E-state index contributed by atoms with van der Waals surface area (Å²) >= 11 is 0. The molecule has 0 unspecified atom stereocenters.